The lowest BCUT2D eigenvalue weighted by atomic mass is 10.1. The Morgan fingerprint density at radius 2 is 1.71 bits per heavy atom. The zero-order chi connectivity index (χ0) is 26.2. The van der Waals surface area contributed by atoms with Crippen LogP contribution in [0.15, 0.2) is 42.5 Å². The first-order valence-corrected chi connectivity index (χ1v) is 14.1. The molecule has 1 N–H and O–H groups in total. The molecular formula is C26H36ClN3O4S. The normalized spacial score (nSPS) is 12.2. The molecule has 0 fully saturated rings. The second-order valence-electron chi connectivity index (χ2n) is 8.70. The Hall–Kier alpha value is -2.58. The first kappa shape index (κ1) is 28.7. The largest absolute Gasteiger partial charge is 0.355 e. The lowest BCUT2D eigenvalue weighted by Gasteiger charge is -2.31. The summed E-state index contributed by atoms with van der Waals surface area (Å²) in [7, 11) is -3.54. The monoisotopic (exact) mass is 521 g/mol. The second-order valence-corrected chi connectivity index (χ2v) is 11.0. The van der Waals surface area contributed by atoms with Gasteiger partial charge in [0.05, 0.1) is 11.9 Å². The SMILES string of the molecule is CCNC(=O)[C@@H](CC)N(Cc1ccc(Cl)cc1)C(=O)CCCN(c1cc(C)ccc1C)S(C)(=O)=O. The molecule has 0 radical (unpaired) electrons. The van der Waals surface area contributed by atoms with Gasteiger partial charge in [0.1, 0.15) is 6.04 Å². The van der Waals surface area contributed by atoms with E-state index in [1.165, 1.54) is 10.6 Å². The summed E-state index contributed by atoms with van der Waals surface area (Å²) >= 11 is 6.00. The highest BCUT2D eigenvalue weighted by Gasteiger charge is 2.28. The van der Waals surface area contributed by atoms with Gasteiger partial charge in [-0.15, -0.1) is 0 Å². The number of rotatable bonds is 12. The Bertz CT molecular complexity index is 1120. The number of hydrogen-bond acceptors (Lipinski definition) is 4. The highest BCUT2D eigenvalue weighted by Crippen LogP contribution is 2.25. The van der Waals surface area contributed by atoms with Gasteiger partial charge in [-0.05, 0) is 68.5 Å². The van der Waals surface area contributed by atoms with Crippen LogP contribution in [0.5, 0.6) is 0 Å². The van der Waals surface area contributed by atoms with Crippen LogP contribution in [0.2, 0.25) is 5.02 Å². The number of amides is 2. The number of carbonyl (C=O) groups excluding carboxylic acids is 2. The number of sulfonamides is 1. The van der Waals surface area contributed by atoms with Gasteiger partial charge in [0, 0.05) is 31.1 Å². The number of nitrogens with zero attached hydrogens (tertiary/aromatic N) is 2. The Kier molecular flexibility index (Phi) is 10.6. The average molecular weight is 522 g/mol. The topological polar surface area (TPSA) is 86.8 Å². The van der Waals surface area contributed by atoms with Crippen LogP contribution in [0.3, 0.4) is 0 Å². The molecule has 9 heteroatoms. The minimum Gasteiger partial charge on any atom is -0.355 e. The van der Waals surface area contributed by atoms with E-state index < -0.39 is 16.1 Å². The molecule has 0 aliphatic rings. The molecule has 0 aliphatic heterocycles. The van der Waals surface area contributed by atoms with Crippen LogP contribution in [0.1, 0.15) is 49.8 Å². The fraction of sp³-hybridized carbons (Fsp3) is 0.462. The Labute approximate surface area is 214 Å². The molecule has 192 valence electrons. The Morgan fingerprint density at radius 1 is 1.06 bits per heavy atom. The number of benzene rings is 2. The quantitative estimate of drug-likeness (QED) is 0.447. The van der Waals surface area contributed by atoms with Crippen molar-refractivity contribution < 1.29 is 18.0 Å². The van der Waals surface area contributed by atoms with Crippen molar-refractivity contribution in [3.8, 4) is 0 Å². The van der Waals surface area contributed by atoms with Crippen LogP contribution in [0.25, 0.3) is 0 Å². The molecule has 2 amide bonds. The van der Waals surface area contributed by atoms with E-state index in [0.29, 0.717) is 30.1 Å². The zero-order valence-electron chi connectivity index (χ0n) is 21.2. The van der Waals surface area contributed by atoms with E-state index in [2.05, 4.69) is 5.32 Å². The third-order valence-electron chi connectivity index (χ3n) is 5.79. The maximum Gasteiger partial charge on any atom is 0.242 e. The third-order valence-corrected chi connectivity index (χ3v) is 7.22. The minimum atomic E-state index is -3.54. The van der Waals surface area contributed by atoms with E-state index in [0.717, 1.165) is 16.7 Å². The molecule has 35 heavy (non-hydrogen) atoms. The molecule has 0 unspecified atom stereocenters. The van der Waals surface area contributed by atoms with Gasteiger partial charge < -0.3 is 10.2 Å². The Morgan fingerprint density at radius 3 is 2.29 bits per heavy atom. The lowest BCUT2D eigenvalue weighted by Crippen LogP contribution is -2.49. The molecule has 7 nitrogen and oxygen atoms in total. The first-order valence-electron chi connectivity index (χ1n) is 11.8. The summed E-state index contributed by atoms with van der Waals surface area (Å²) in [6, 6.07) is 12.2. The molecule has 0 spiro atoms. The van der Waals surface area contributed by atoms with E-state index in [-0.39, 0.29) is 31.3 Å². The lowest BCUT2D eigenvalue weighted by molar-refractivity contribution is -0.141. The summed E-state index contributed by atoms with van der Waals surface area (Å²) in [5.41, 5.74) is 3.28. The molecule has 2 aromatic rings. The zero-order valence-corrected chi connectivity index (χ0v) is 22.7. The van der Waals surface area contributed by atoms with Gasteiger partial charge in [0.2, 0.25) is 21.8 Å². The number of aryl methyl sites for hydroxylation is 2. The first-order chi connectivity index (χ1) is 16.5. The van der Waals surface area contributed by atoms with Gasteiger partial charge in [-0.25, -0.2) is 8.42 Å². The smallest absolute Gasteiger partial charge is 0.242 e. The van der Waals surface area contributed by atoms with Crippen LogP contribution in [-0.2, 0) is 26.2 Å². The highest BCUT2D eigenvalue weighted by atomic mass is 35.5. The fourth-order valence-corrected chi connectivity index (χ4v) is 5.11. The van der Waals surface area contributed by atoms with Gasteiger partial charge in [-0.3, -0.25) is 13.9 Å². The predicted octanol–water partition coefficient (Wildman–Crippen LogP) is 4.45. The number of halogens is 1. The molecule has 0 heterocycles. The highest BCUT2D eigenvalue weighted by molar-refractivity contribution is 7.92. The van der Waals surface area contributed by atoms with E-state index in [4.69, 9.17) is 11.6 Å². The van der Waals surface area contributed by atoms with Gasteiger partial charge in [-0.1, -0.05) is 42.8 Å². The van der Waals surface area contributed by atoms with Crippen molar-refractivity contribution in [1.29, 1.82) is 0 Å². The number of anilines is 1. The summed E-state index contributed by atoms with van der Waals surface area (Å²) in [6.07, 6.45) is 2.07. The predicted molar refractivity (Wildman–Crippen MR) is 142 cm³/mol. The fourth-order valence-electron chi connectivity index (χ4n) is 3.97. The van der Waals surface area contributed by atoms with Crippen molar-refractivity contribution in [2.45, 2.75) is 59.5 Å². The molecule has 0 saturated heterocycles. The average Bonchev–Trinajstić information content (AvgIpc) is 2.79. The summed E-state index contributed by atoms with van der Waals surface area (Å²) in [4.78, 5) is 27.7. The van der Waals surface area contributed by atoms with Crippen LogP contribution < -0.4 is 9.62 Å². The van der Waals surface area contributed by atoms with Crippen molar-refractivity contribution in [3.63, 3.8) is 0 Å². The summed E-state index contributed by atoms with van der Waals surface area (Å²) < 4.78 is 26.5. The standard InChI is InChI=1S/C26H36ClN3O4S/c1-6-23(26(32)28-7-2)29(18-21-12-14-22(27)15-13-21)25(31)9-8-16-30(35(5,33)34)24-17-19(3)10-11-20(24)4/h10-15,17,23H,6-9,16,18H2,1-5H3,(H,28,32)/t23-/m1/s1. The molecule has 0 bridgehead atoms. The number of likely N-dealkylation sites (N-methyl/N-ethyl adjacent to an activating group) is 1. The van der Waals surface area contributed by atoms with Crippen molar-refractivity contribution >= 4 is 39.1 Å². The summed E-state index contributed by atoms with van der Waals surface area (Å²) in [5, 5.41) is 3.40. The van der Waals surface area contributed by atoms with E-state index in [1.54, 1.807) is 17.0 Å². The van der Waals surface area contributed by atoms with E-state index in [1.807, 2.05) is 58.0 Å². The number of carbonyl (C=O) groups is 2. The number of nitrogens with one attached hydrogen (secondary N) is 1. The summed E-state index contributed by atoms with van der Waals surface area (Å²) in [5.74, 6) is -0.405. The maximum absolute atomic E-state index is 13.4. The van der Waals surface area contributed by atoms with Crippen molar-refractivity contribution in [2.75, 3.05) is 23.7 Å². The summed E-state index contributed by atoms with van der Waals surface area (Å²) in [6.45, 7) is 8.38. The van der Waals surface area contributed by atoms with Crippen LogP contribution in [0.4, 0.5) is 5.69 Å². The van der Waals surface area contributed by atoms with Crippen molar-refractivity contribution in [1.82, 2.24) is 10.2 Å². The van der Waals surface area contributed by atoms with Gasteiger partial charge in [0.25, 0.3) is 0 Å². The van der Waals surface area contributed by atoms with Crippen molar-refractivity contribution in [3.05, 3.63) is 64.2 Å². The van der Waals surface area contributed by atoms with E-state index >= 15 is 0 Å². The number of hydrogen-bond donors (Lipinski definition) is 1. The van der Waals surface area contributed by atoms with Crippen LogP contribution in [0, 0.1) is 13.8 Å². The molecule has 2 aromatic carbocycles. The maximum atomic E-state index is 13.4. The second kappa shape index (κ2) is 12.9. The Balaban J connectivity index is 2.23. The molecule has 0 aliphatic carbocycles. The van der Waals surface area contributed by atoms with Crippen molar-refractivity contribution in [2.24, 2.45) is 0 Å². The molecular weight excluding hydrogens is 486 g/mol. The third kappa shape index (κ3) is 8.25. The van der Waals surface area contributed by atoms with Crippen LogP contribution >= 0.6 is 11.6 Å². The molecule has 1 atom stereocenters. The van der Waals surface area contributed by atoms with Gasteiger partial charge in [-0.2, -0.15) is 0 Å². The molecule has 0 saturated carbocycles. The van der Waals surface area contributed by atoms with Gasteiger partial charge >= 0.3 is 0 Å². The minimum absolute atomic E-state index is 0.111. The van der Waals surface area contributed by atoms with Crippen LogP contribution in [-0.4, -0.2) is 50.5 Å². The molecule has 2 rings (SSSR count). The van der Waals surface area contributed by atoms with E-state index in [9.17, 15) is 18.0 Å². The molecule has 0 aromatic heterocycles. The van der Waals surface area contributed by atoms with Gasteiger partial charge in [0.15, 0.2) is 0 Å².